The zero-order valence-electron chi connectivity index (χ0n) is 13.8. The molecule has 0 amide bonds. The van der Waals surface area contributed by atoms with Gasteiger partial charge >= 0.3 is 5.51 Å². The largest absolute Gasteiger partial charge is 0.501 e. The fraction of sp³-hybridized carbons (Fsp3) is 0.312. The van der Waals surface area contributed by atoms with Gasteiger partial charge in [-0.05, 0) is 37.1 Å². The van der Waals surface area contributed by atoms with Gasteiger partial charge in [0, 0.05) is 18.3 Å². The minimum absolute atomic E-state index is 0.0178. The number of rotatable bonds is 6. The smallest absolute Gasteiger partial charge is 0.357 e. The lowest BCUT2D eigenvalue weighted by Gasteiger charge is -2.24. The molecule has 0 atom stereocenters. The Morgan fingerprint density at radius 3 is 2.44 bits per heavy atom. The Morgan fingerprint density at radius 2 is 1.93 bits per heavy atom. The summed E-state index contributed by atoms with van der Waals surface area (Å²) in [4.78, 5) is 15.2. The molecule has 0 saturated heterocycles. The first-order valence-electron chi connectivity index (χ1n) is 7.87. The van der Waals surface area contributed by atoms with Gasteiger partial charge in [0.25, 0.3) is 15.5 Å². The third-order valence-corrected chi connectivity index (χ3v) is 5.60. The van der Waals surface area contributed by atoms with Crippen molar-refractivity contribution in [2.45, 2.75) is 35.8 Å². The molecule has 0 bridgehead atoms. The molecule has 1 aliphatic rings. The molecule has 0 N–H and O–H groups in total. The van der Waals surface area contributed by atoms with Gasteiger partial charge in [-0.3, -0.25) is 15.1 Å². The van der Waals surface area contributed by atoms with Gasteiger partial charge in [-0.15, -0.1) is 0 Å². The molecule has 1 aromatic heterocycles. The molecule has 2 aromatic rings. The second-order valence-electron chi connectivity index (χ2n) is 6.04. The normalized spacial score (nSPS) is 14.8. The maximum absolute atomic E-state index is 12.8. The van der Waals surface area contributed by atoms with E-state index < -0.39 is 30.9 Å². The lowest BCUT2D eigenvalue weighted by Crippen LogP contribution is -2.27. The average molecular weight is 401 g/mol. The van der Waals surface area contributed by atoms with Crippen molar-refractivity contribution in [2.24, 2.45) is 0 Å². The number of nitrogens with zero attached hydrogens (tertiary/aromatic N) is 3. The average Bonchev–Trinajstić information content (AvgIpc) is 3.44. The van der Waals surface area contributed by atoms with Crippen LogP contribution >= 0.6 is 0 Å². The minimum Gasteiger partial charge on any atom is -0.357 e. The summed E-state index contributed by atoms with van der Waals surface area (Å²) in [5.41, 5.74) is -5.53. The molecule has 1 heterocycles. The topological polar surface area (TPSA) is 93.4 Å². The van der Waals surface area contributed by atoms with E-state index in [0.717, 1.165) is 25.0 Å². The summed E-state index contributed by atoms with van der Waals surface area (Å²) in [5.74, 6) is 0. The summed E-state index contributed by atoms with van der Waals surface area (Å²) < 4.78 is 61.4. The van der Waals surface area contributed by atoms with Gasteiger partial charge in [-0.2, -0.15) is 13.2 Å². The molecule has 27 heavy (non-hydrogen) atoms. The number of halogens is 3. The number of hydrogen-bond acceptors (Lipinski definition) is 6. The van der Waals surface area contributed by atoms with Crippen molar-refractivity contribution >= 4 is 21.2 Å². The molecule has 1 fully saturated rings. The molecule has 144 valence electrons. The maximum Gasteiger partial charge on any atom is 0.501 e. The first kappa shape index (κ1) is 19.1. The van der Waals surface area contributed by atoms with Crippen molar-refractivity contribution in [2.75, 3.05) is 4.90 Å². The highest BCUT2D eigenvalue weighted by Crippen LogP contribution is 2.40. The van der Waals surface area contributed by atoms with Gasteiger partial charge in [0.15, 0.2) is 0 Å². The third-order valence-electron chi connectivity index (χ3n) is 4.11. The monoisotopic (exact) mass is 401 g/mol. The van der Waals surface area contributed by atoms with Crippen LogP contribution in [0, 0.1) is 10.1 Å². The summed E-state index contributed by atoms with van der Waals surface area (Å²) in [6.07, 6.45) is 3.10. The van der Waals surface area contributed by atoms with Crippen molar-refractivity contribution in [1.29, 1.82) is 0 Å². The van der Waals surface area contributed by atoms with Gasteiger partial charge in [0.1, 0.15) is 5.69 Å². The van der Waals surface area contributed by atoms with E-state index in [-0.39, 0.29) is 18.3 Å². The molecule has 11 heteroatoms. The van der Waals surface area contributed by atoms with Crippen LogP contribution < -0.4 is 4.90 Å². The second kappa shape index (κ2) is 6.80. The number of nitro benzene ring substituents is 1. The van der Waals surface area contributed by atoms with E-state index in [0.29, 0.717) is 11.8 Å². The highest BCUT2D eigenvalue weighted by molar-refractivity contribution is 7.92. The number of pyridine rings is 1. The van der Waals surface area contributed by atoms with Gasteiger partial charge in [-0.25, -0.2) is 8.42 Å². The quantitative estimate of drug-likeness (QED) is 0.544. The summed E-state index contributed by atoms with van der Waals surface area (Å²) in [5, 5.41) is 11.4. The Bertz CT molecular complexity index is 961. The number of nitro groups is 1. The van der Waals surface area contributed by atoms with Crippen LogP contribution in [-0.4, -0.2) is 29.9 Å². The number of hydrogen-bond donors (Lipinski definition) is 0. The van der Waals surface area contributed by atoms with E-state index in [4.69, 9.17) is 0 Å². The highest BCUT2D eigenvalue weighted by Gasteiger charge is 2.47. The summed E-state index contributed by atoms with van der Waals surface area (Å²) in [7, 11) is -5.67. The van der Waals surface area contributed by atoms with Gasteiger partial charge in [0.2, 0.25) is 0 Å². The summed E-state index contributed by atoms with van der Waals surface area (Å²) in [6.45, 7) is 0.220. The van der Waals surface area contributed by atoms with E-state index in [1.807, 2.05) is 0 Å². The summed E-state index contributed by atoms with van der Waals surface area (Å²) >= 11 is 0. The predicted octanol–water partition coefficient (Wildman–Crippen LogP) is 3.45. The van der Waals surface area contributed by atoms with Crippen LogP contribution in [-0.2, 0) is 16.4 Å². The van der Waals surface area contributed by atoms with Crippen LogP contribution in [0.1, 0.15) is 18.5 Å². The molecule has 0 aliphatic heterocycles. The van der Waals surface area contributed by atoms with Crippen LogP contribution in [0.4, 0.5) is 24.5 Å². The zero-order chi connectivity index (χ0) is 19.8. The highest BCUT2D eigenvalue weighted by atomic mass is 32.2. The van der Waals surface area contributed by atoms with Gasteiger partial charge in [0.05, 0.1) is 22.1 Å². The first-order valence-corrected chi connectivity index (χ1v) is 9.36. The lowest BCUT2D eigenvalue weighted by molar-refractivity contribution is -0.384. The Kier molecular flexibility index (Phi) is 4.81. The molecule has 1 aromatic carbocycles. The van der Waals surface area contributed by atoms with Crippen molar-refractivity contribution in [3.63, 3.8) is 0 Å². The van der Waals surface area contributed by atoms with Crippen LogP contribution in [0.2, 0.25) is 0 Å². The summed E-state index contributed by atoms with van der Waals surface area (Å²) in [6, 6.07) is 7.44. The van der Waals surface area contributed by atoms with Crippen LogP contribution in [0.5, 0.6) is 0 Å². The van der Waals surface area contributed by atoms with E-state index >= 15 is 0 Å². The molecule has 1 aliphatic carbocycles. The molecule has 3 rings (SSSR count). The van der Waals surface area contributed by atoms with Gasteiger partial charge in [-0.1, -0.05) is 6.07 Å². The van der Waals surface area contributed by atoms with Gasteiger partial charge < -0.3 is 4.90 Å². The lowest BCUT2D eigenvalue weighted by atomic mass is 10.2. The van der Waals surface area contributed by atoms with E-state index in [9.17, 15) is 31.7 Å². The van der Waals surface area contributed by atoms with Crippen LogP contribution in [0.3, 0.4) is 0 Å². The van der Waals surface area contributed by atoms with Crippen molar-refractivity contribution in [3.05, 3.63) is 58.4 Å². The van der Waals surface area contributed by atoms with Crippen LogP contribution in [0.25, 0.3) is 0 Å². The van der Waals surface area contributed by atoms with Crippen molar-refractivity contribution in [3.8, 4) is 0 Å². The fourth-order valence-electron chi connectivity index (χ4n) is 2.66. The Balaban J connectivity index is 2.05. The molecular formula is C16H14F3N3O4S. The van der Waals surface area contributed by atoms with Crippen LogP contribution in [0.15, 0.2) is 47.5 Å². The minimum atomic E-state index is -5.67. The predicted molar refractivity (Wildman–Crippen MR) is 89.8 cm³/mol. The number of sulfone groups is 1. The standard InChI is InChI=1S/C16H14F3N3O4S/c17-16(18,19)27(25,26)13-6-7-14(15(9-13)22(23)24)21(12-4-5-12)10-11-3-1-2-8-20-11/h1-3,6-9,12H,4-5,10H2. The Morgan fingerprint density at radius 1 is 1.22 bits per heavy atom. The molecule has 0 spiro atoms. The number of alkyl halides is 3. The maximum atomic E-state index is 12.8. The fourth-order valence-corrected chi connectivity index (χ4v) is 3.44. The number of benzene rings is 1. The zero-order valence-corrected chi connectivity index (χ0v) is 14.6. The number of aromatic nitrogens is 1. The first-order chi connectivity index (χ1) is 12.6. The van der Waals surface area contributed by atoms with E-state index in [1.165, 1.54) is 0 Å². The number of anilines is 1. The third kappa shape index (κ3) is 3.87. The van der Waals surface area contributed by atoms with Crippen molar-refractivity contribution < 1.29 is 26.5 Å². The van der Waals surface area contributed by atoms with E-state index in [2.05, 4.69) is 4.98 Å². The molecule has 0 radical (unpaired) electrons. The van der Waals surface area contributed by atoms with Crippen molar-refractivity contribution in [1.82, 2.24) is 4.98 Å². The Labute approximate surface area is 152 Å². The Hall–Kier alpha value is -2.69. The molecule has 1 saturated carbocycles. The van der Waals surface area contributed by atoms with E-state index in [1.54, 1.807) is 29.3 Å². The SMILES string of the molecule is O=[N+]([O-])c1cc(S(=O)(=O)C(F)(F)F)ccc1N(Cc1ccccn1)C1CC1. The molecular weight excluding hydrogens is 387 g/mol. The second-order valence-corrected chi connectivity index (χ2v) is 7.98. The molecule has 7 nitrogen and oxygen atoms in total. The molecule has 0 unspecified atom stereocenters.